The van der Waals surface area contributed by atoms with E-state index in [2.05, 4.69) is 57.3 Å². The molecule has 0 saturated carbocycles. The number of hydrogen-bond donors (Lipinski definition) is 2. The van der Waals surface area contributed by atoms with Crippen LogP contribution in [0.4, 0.5) is 4.79 Å². The Morgan fingerprint density at radius 1 is 1.27 bits per heavy atom. The van der Waals surface area contributed by atoms with Crippen LogP contribution in [0.15, 0.2) is 0 Å². The summed E-state index contributed by atoms with van der Waals surface area (Å²) >= 11 is 0. The largest absolute Gasteiger partial charge is 0.381 e. The number of nitrogens with zero attached hydrogens (tertiary/aromatic N) is 1. The molecule has 1 heterocycles. The van der Waals surface area contributed by atoms with E-state index in [-0.39, 0.29) is 17.6 Å². The van der Waals surface area contributed by atoms with Gasteiger partial charge in [-0.2, -0.15) is 0 Å². The van der Waals surface area contributed by atoms with Gasteiger partial charge in [-0.25, -0.2) is 4.79 Å². The lowest BCUT2D eigenvalue weighted by Crippen LogP contribution is -2.57. The Morgan fingerprint density at radius 2 is 1.86 bits per heavy atom. The number of hydrogen-bond acceptors (Lipinski definition) is 3. The van der Waals surface area contributed by atoms with E-state index in [4.69, 9.17) is 4.74 Å². The fraction of sp³-hybridized carbons (Fsp3) is 0.941. The van der Waals surface area contributed by atoms with Gasteiger partial charge in [0.15, 0.2) is 0 Å². The fourth-order valence-corrected chi connectivity index (χ4v) is 2.77. The summed E-state index contributed by atoms with van der Waals surface area (Å²) in [5, 5.41) is 6.10. The second kappa shape index (κ2) is 8.16. The first-order chi connectivity index (χ1) is 10.1. The SMILES string of the molecule is CC(CCC(C)(C)C)NC(=O)NCC1(N(C)C)CCOCC1. The quantitative estimate of drug-likeness (QED) is 0.792. The van der Waals surface area contributed by atoms with E-state index in [1.165, 1.54) is 0 Å². The van der Waals surface area contributed by atoms with Crippen LogP contribution in [-0.2, 0) is 4.74 Å². The second-order valence-corrected chi connectivity index (χ2v) is 8.06. The number of urea groups is 1. The second-order valence-electron chi connectivity index (χ2n) is 8.06. The number of carbonyl (C=O) groups excluding carboxylic acids is 1. The van der Waals surface area contributed by atoms with Crippen LogP contribution in [0.1, 0.15) is 53.4 Å². The van der Waals surface area contributed by atoms with E-state index in [0.29, 0.717) is 12.0 Å². The third-order valence-electron chi connectivity index (χ3n) is 4.66. The molecule has 0 aromatic carbocycles. The molecule has 2 N–H and O–H groups in total. The maximum Gasteiger partial charge on any atom is 0.315 e. The minimum atomic E-state index is -0.0610. The molecular formula is C17H35N3O2. The average molecular weight is 313 g/mol. The van der Waals surface area contributed by atoms with Crippen LogP contribution in [0.2, 0.25) is 0 Å². The summed E-state index contributed by atoms with van der Waals surface area (Å²) in [5.74, 6) is 0. The van der Waals surface area contributed by atoms with Gasteiger partial charge in [-0.3, -0.25) is 0 Å². The summed E-state index contributed by atoms with van der Waals surface area (Å²) < 4.78 is 5.46. The van der Waals surface area contributed by atoms with Crippen molar-refractivity contribution in [2.24, 2.45) is 5.41 Å². The maximum absolute atomic E-state index is 12.1. The van der Waals surface area contributed by atoms with Gasteiger partial charge < -0.3 is 20.3 Å². The van der Waals surface area contributed by atoms with Gasteiger partial charge in [0.25, 0.3) is 0 Å². The van der Waals surface area contributed by atoms with Crippen LogP contribution in [-0.4, -0.2) is 56.4 Å². The van der Waals surface area contributed by atoms with Gasteiger partial charge in [0.1, 0.15) is 0 Å². The topological polar surface area (TPSA) is 53.6 Å². The van der Waals surface area contributed by atoms with Gasteiger partial charge in [-0.05, 0) is 52.1 Å². The molecule has 1 rings (SSSR count). The van der Waals surface area contributed by atoms with E-state index in [1.54, 1.807) is 0 Å². The van der Waals surface area contributed by atoms with E-state index < -0.39 is 0 Å². The van der Waals surface area contributed by atoms with E-state index >= 15 is 0 Å². The Hall–Kier alpha value is -0.810. The van der Waals surface area contributed by atoms with Crippen LogP contribution in [0, 0.1) is 5.41 Å². The molecule has 0 spiro atoms. The molecule has 1 atom stereocenters. The zero-order valence-corrected chi connectivity index (χ0v) is 15.3. The van der Waals surface area contributed by atoms with Crippen molar-refractivity contribution in [3.63, 3.8) is 0 Å². The molecule has 0 aromatic rings. The van der Waals surface area contributed by atoms with Crippen molar-refractivity contribution in [2.45, 2.75) is 65.0 Å². The van der Waals surface area contributed by atoms with Gasteiger partial charge in [0, 0.05) is 31.3 Å². The molecule has 22 heavy (non-hydrogen) atoms. The lowest BCUT2D eigenvalue weighted by atomic mass is 9.88. The third-order valence-corrected chi connectivity index (χ3v) is 4.66. The van der Waals surface area contributed by atoms with Gasteiger partial charge in [-0.1, -0.05) is 20.8 Å². The first-order valence-corrected chi connectivity index (χ1v) is 8.44. The van der Waals surface area contributed by atoms with Gasteiger partial charge in [-0.15, -0.1) is 0 Å². The summed E-state index contributed by atoms with van der Waals surface area (Å²) in [6.45, 7) is 11.0. The Bertz CT molecular complexity index is 344. The summed E-state index contributed by atoms with van der Waals surface area (Å²) in [6.07, 6.45) is 4.02. The number of ether oxygens (including phenoxy) is 1. The number of rotatable bonds is 6. The highest BCUT2D eigenvalue weighted by molar-refractivity contribution is 5.74. The maximum atomic E-state index is 12.1. The lowest BCUT2D eigenvalue weighted by Gasteiger charge is -2.42. The molecule has 1 saturated heterocycles. The lowest BCUT2D eigenvalue weighted by molar-refractivity contribution is -0.00574. The standard InChI is InChI=1S/C17H35N3O2/c1-14(7-8-16(2,3)4)19-15(21)18-13-17(20(5)6)9-11-22-12-10-17/h14H,7-13H2,1-6H3,(H2,18,19,21). The molecule has 0 aliphatic carbocycles. The molecule has 5 heteroatoms. The van der Waals surface area contributed by atoms with Crippen molar-refractivity contribution in [1.82, 2.24) is 15.5 Å². The highest BCUT2D eigenvalue weighted by Gasteiger charge is 2.35. The average Bonchev–Trinajstić information content (AvgIpc) is 2.43. The Morgan fingerprint density at radius 3 is 2.36 bits per heavy atom. The molecule has 1 aliphatic heterocycles. The van der Waals surface area contributed by atoms with Gasteiger partial charge >= 0.3 is 6.03 Å². The normalized spacial score (nSPS) is 19.8. The number of carbonyl (C=O) groups is 1. The molecule has 1 unspecified atom stereocenters. The fourth-order valence-electron chi connectivity index (χ4n) is 2.77. The smallest absolute Gasteiger partial charge is 0.315 e. The van der Waals surface area contributed by atoms with E-state index in [0.717, 1.165) is 38.9 Å². The number of likely N-dealkylation sites (N-methyl/N-ethyl adjacent to an activating group) is 1. The molecule has 0 radical (unpaired) electrons. The molecule has 130 valence electrons. The Balaban J connectivity index is 2.37. The summed E-state index contributed by atoms with van der Waals surface area (Å²) in [7, 11) is 4.16. The summed E-state index contributed by atoms with van der Waals surface area (Å²) in [6, 6.07) is 0.137. The number of nitrogens with one attached hydrogen (secondary N) is 2. The van der Waals surface area contributed by atoms with Gasteiger partial charge in [0.05, 0.1) is 0 Å². The van der Waals surface area contributed by atoms with Crippen molar-refractivity contribution in [3.8, 4) is 0 Å². The van der Waals surface area contributed by atoms with Crippen molar-refractivity contribution in [2.75, 3.05) is 33.9 Å². The van der Waals surface area contributed by atoms with Crippen LogP contribution in [0.5, 0.6) is 0 Å². The molecule has 0 bridgehead atoms. The van der Waals surface area contributed by atoms with Crippen LogP contribution >= 0.6 is 0 Å². The third kappa shape index (κ3) is 6.53. The van der Waals surface area contributed by atoms with Crippen molar-refractivity contribution < 1.29 is 9.53 Å². The predicted molar refractivity (Wildman–Crippen MR) is 91.2 cm³/mol. The summed E-state index contributed by atoms with van der Waals surface area (Å²) in [4.78, 5) is 14.3. The van der Waals surface area contributed by atoms with Crippen LogP contribution < -0.4 is 10.6 Å². The molecular weight excluding hydrogens is 278 g/mol. The molecule has 0 aromatic heterocycles. The zero-order valence-electron chi connectivity index (χ0n) is 15.3. The van der Waals surface area contributed by atoms with Crippen molar-refractivity contribution in [3.05, 3.63) is 0 Å². The molecule has 1 aliphatic rings. The van der Waals surface area contributed by atoms with Crippen LogP contribution in [0.3, 0.4) is 0 Å². The summed E-state index contributed by atoms with van der Waals surface area (Å²) in [5.41, 5.74) is 0.327. The minimum Gasteiger partial charge on any atom is -0.381 e. The Labute approximate surface area is 136 Å². The van der Waals surface area contributed by atoms with Crippen LogP contribution in [0.25, 0.3) is 0 Å². The Kier molecular flexibility index (Phi) is 7.13. The highest BCUT2D eigenvalue weighted by Crippen LogP contribution is 2.25. The highest BCUT2D eigenvalue weighted by atomic mass is 16.5. The molecule has 1 fully saturated rings. The van der Waals surface area contributed by atoms with Crippen molar-refractivity contribution >= 4 is 6.03 Å². The first kappa shape index (κ1) is 19.2. The van der Waals surface area contributed by atoms with E-state index in [1.807, 2.05) is 0 Å². The van der Waals surface area contributed by atoms with Crippen molar-refractivity contribution in [1.29, 1.82) is 0 Å². The number of amides is 2. The molecule has 5 nitrogen and oxygen atoms in total. The molecule has 2 amide bonds. The predicted octanol–water partition coefficient (Wildman–Crippen LogP) is 2.61. The zero-order chi connectivity index (χ0) is 16.8. The first-order valence-electron chi connectivity index (χ1n) is 8.44. The van der Waals surface area contributed by atoms with Gasteiger partial charge in [0.2, 0.25) is 0 Å². The minimum absolute atomic E-state index is 0.0181. The monoisotopic (exact) mass is 313 g/mol. The van der Waals surface area contributed by atoms with E-state index in [9.17, 15) is 4.79 Å².